The molecule has 1 saturated carbocycles. The van der Waals surface area contributed by atoms with E-state index in [0.29, 0.717) is 19.0 Å². The van der Waals surface area contributed by atoms with Crippen molar-refractivity contribution in [2.75, 3.05) is 0 Å². The normalized spacial score (nSPS) is 22.9. The number of nitrogens with one attached hydrogen (secondary N) is 1. The van der Waals surface area contributed by atoms with Gasteiger partial charge in [0.1, 0.15) is 0 Å². The lowest BCUT2D eigenvalue weighted by Crippen LogP contribution is -2.43. The lowest BCUT2D eigenvalue weighted by Gasteiger charge is -2.33. The van der Waals surface area contributed by atoms with E-state index in [1.54, 1.807) is 0 Å². The van der Waals surface area contributed by atoms with E-state index >= 15 is 0 Å². The molecule has 1 aromatic carbocycles. The number of carbonyl (C=O) groups excluding carboxylic acids is 1. The standard InChI is InChI=1S/C14H20N2O/c1-10-6-13(7-10)16-14(17)8-11-2-4-12(9-15)5-3-11/h2-5,10,13H,6-9,15H2,1H3,(H,16,17). The first-order chi connectivity index (χ1) is 8.17. The second kappa shape index (κ2) is 5.32. The molecular formula is C14H20N2O. The van der Waals surface area contributed by atoms with Crippen LogP contribution in [0.2, 0.25) is 0 Å². The van der Waals surface area contributed by atoms with Crippen molar-refractivity contribution in [3.63, 3.8) is 0 Å². The van der Waals surface area contributed by atoms with Crippen molar-refractivity contribution in [2.24, 2.45) is 11.7 Å². The van der Waals surface area contributed by atoms with Gasteiger partial charge in [-0.3, -0.25) is 4.79 Å². The van der Waals surface area contributed by atoms with Crippen LogP contribution in [0.15, 0.2) is 24.3 Å². The Hall–Kier alpha value is -1.35. The summed E-state index contributed by atoms with van der Waals surface area (Å²) in [6, 6.07) is 8.32. The van der Waals surface area contributed by atoms with Gasteiger partial charge in [0, 0.05) is 12.6 Å². The topological polar surface area (TPSA) is 55.1 Å². The van der Waals surface area contributed by atoms with Crippen LogP contribution in [0.4, 0.5) is 0 Å². The van der Waals surface area contributed by atoms with Crippen molar-refractivity contribution in [3.05, 3.63) is 35.4 Å². The summed E-state index contributed by atoms with van der Waals surface area (Å²) >= 11 is 0. The van der Waals surface area contributed by atoms with Crippen LogP contribution >= 0.6 is 0 Å². The molecule has 2 rings (SSSR count). The van der Waals surface area contributed by atoms with Crippen LogP contribution in [-0.2, 0) is 17.8 Å². The van der Waals surface area contributed by atoms with Crippen molar-refractivity contribution >= 4 is 5.91 Å². The van der Waals surface area contributed by atoms with Crippen LogP contribution in [0.1, 0.15) is 30.9 Å². The van der Waals surface area contributed by atoms with E-state index in [1.165, 1.54) is 0 Å². The fraction of sp³-hybridized carbons (Fsp3) is 0.500. The van der Waals surface area contributed by atoms with E-state index in [-0.39, 0.29) is 5.91 Å². The van der Waals surface area contributed by atoms with Gasteiger partial charge in [0.05, 0.1) is 6.42 Å². The molecule has 0 radical (unpaired) electrons. The average molecular weight is 232 g/mol. The summed E-state index contributed by atoms with van der Waals surface area (Å²) in [7, 11) is 0. The summed E-state index contributed by atoms with van der Waals surface area (Å²) in [6.07, 6.45) is 2.71. The summed E-state index contributed by atoms with van der Waals surface area (Å²) < 4.78 is 0. The quantitative estimate of drug-likeness (QED) is 0.828. The molecule has 1 fully saturated rings. The zero-order valence-corrected chi connectivity index (χ0v) is 10.3. The first-order valence-corrected chi connectivity index (χ1v) is 6.24. The molecular weight excluding hydrogens is 212 g/mol. The highest BCUT2D eigenvalue weighted by atomic mass is 16.1. The van der Waals surface area contributed by atoms with E-state index < -0.39 is 0 Å². The summed E-state index contributed by atoms with van der Waals surface area (Å²) in [5.41, 5.74) is 7.67. The molecule has 0 aliphatic heterocycles. The largest absolute Gasteiger partial charge is 0.353 e. The Balaban J connectivity index is 1.81. The summed E-state index contributed by atoms with van der Waals surface area (Å²) in [5, 5.41) is 3.06. The molecule has 0 aromatic heterocycles. The monoisotopic (exact) mass is 232 g/mol. The van der Waals surface area contributed by atoms with E-state index in [9.17, 15) is 4.79 Å². The van der Waals surface area contributed by atoms with Crippen LogP contribution in [0.5, 0.6) is 0 Å². The van der Waals surface area contributed by atoms with Crippen molar-refractivity contribution in [1.82, 2.24) is 5.32 Å². The van der Waals surface area contributed by atoms with Gasteiger partial charge in [-0.1, -0.05) is 31.2 Å². The predicted molar refractivity (Wildman–Crippen MR) is 68.4 cm³/mol. The second-order valence-electron chi connectivity index (χ2n) is 5.04. The maximum absolute atomic E-state index is 11.7. The van der Waals surface area contributed by atoms with E-state index in [0.717, 1.165) is 29.9 Å². The van der Waals surface area contributed by atoms with Crippen LogP contribution < -0.4 is 11.1 Å². The van der Waals surface area contributed by atoms with Crippen LogP contribution in [0.3, 0.4) is 0 Å². The molecule has 17 heavy (non-hydrogen) atoms. The van der Waals surface area contributed by atoms with Crippen LogP contribution in [0, 0.1) is 5.92 Å². The lowest BCUT2D eigenvalue weighted by molar-refractivity contribution is -0.121. The smallest absolute Gasteiger partial charge is 0.224 e. The Morgan fingerprint density at radius 3 is 2.41 bits per heavy atom. The fourth-order valence-corrected chi connectivity index (χ4v) is 2.28. The highest BCUT2D eigenvalue weighted by molar-refractivity contribution is 5.78. The van der Waals surface area contributed by atoms with E-state index in [4.69, 9.17) is 5.73 Å². The highest BCUT2D eigenvalue weighted by Gasteiger charge is 2.26. The molecule has 0 atom stereocenters. The van der Waals surface area contributed by atoms with Gasteiger partial charge in [-0.2, -0.15) is 0 Å². The molecule has 3 heteroatoms. The molecule has 1 aromatic rings. The number of amides is 1. The van der Waals surface area contributed by atoms with Crippen LogP contribution in [0.25, 0.3) is 0 Å². The first-order valence-electron chi connectivity index (χ1n) is 6.24. The third-order valence-corrected chi connectivity index (χ3v) is 3.36. The zero-order valence-electron chi connectivity index (χ0n) is 10.3. The number of hydrogen-bond donors (Lipinski definition) is 2. The van der Waals surface area contributed by atoms with Crippen molar-refractivity contribution in [3.8, 4) is 0 Å². The molecule has 0 saturated heterocycles. The van der Waals surface area contributed by atoms with Gasteiger partial charge >= 0.3 is 0 Å². The molecule has 0 unspecified atom stereocenters. The zero-order chi connectivity index (χ0) is 12.3. The van der Waals surface area contributed by atoms with Crippen molar-refractivity contribution in [2.45, 2.75) is 38.8 Å². The van der Waals surface area contributed by atoms with E-state index in [2.05, 4.69) is 12.2 Å². The molecule has 0 heterocycles. The number of nitrogens with two attached hydrogens (primary N) is 1. The fourth-order valence-electron chi connectivity index (χ4n) is 2.28. The molecule has 3 N–H and O–H groups in total. The van der Waals surface area contributed by atoms with Gasteiger partial charge in [0.2, 0.25) is 5.91 Å². The number of rotatable bonds is 4. The highest BCUT2D eigenvalue weighted by Crippen LogP contribution is 2.26. The predicted octanol–water partition coefficient (Wildman–Crippen LogP) is 1.60. The molecule has 0 bridgehead atoms. The minimum absolute atomic E-state index is 0.127. The maximum Gasteiger partial charge on any atom is 0.224 e. The molecule has 92 valence electrons. The molecule has 1 aliphatic rings. The Morgan fingerprint density at radius 1 is 1.29 bits per heavy atom. The minimum atomic E-state index is 0.127. The summed E-state index contributed by atoms with van der Waals surface area (Å²) in [5.74, 6) is 0.895. The third-order valence-electron chi connectivity index (χ3n) is 3.36. The molecule has 3 nitrogen and oxygen atoms in total. The van der Waals surface area contributed by atoms with Gasteiger partial charge < -0.3 is 11.1 Å². The van der Waals surface area contributed by atoms with E-state index in [1.807, 2.05) is 24.3 Å². The van der Waals surface area contributed by atoms with Gasteiger partial charge in [0.25, 0.3) is 0 Å². The average Bonchev–Trinajstić information content (AvgIpc) is 2.28. The Morgan fingerprint density at radius 2 is 1.88 bits per heavy atom. The van der Waals surface area contributed by atoms with Gasteiger partial charge in [0.15, 0.2) is 0 Å². The maximum atomic E-state index is 11.7. The Labute approximate surface area is 102 Å². The number of hydrogen-bond acceptors (Lipinski definition) is 2. The summed E-state index contributed by atoms with van der Waals surface area (Å²) in [6.45, 7) is 2.76. The number of benzene rings is 1. The Bertz CT molecular complexity index is 380. The second-order valence-corrected chi connectivity index (χ2v) is 5.04. The van der Waals surface area contributed by atoms with Gasteiger partial charge in [-0.05, 0) is 29.9 Å². The van der Waals surface area contributed by atoms with Crippen molar-refractivity contribution in [1.29, 1.82) is 0 Å². The lowest BCUT2D eigenvalue weighted by atomic mass is 9.82. The van der Waals surface area contributed by atoms with Crippen molar-refractivity contribution < 1.29 is 4.79 Å². The van der Waals surface area contributed by atoms with Gasteiger partial charge in [-0.15, -0.1) is 0 Å². The first kappa shape index (κ1) is 12.1. The SMILES string of the molecule is CC1CC(NC(=O)Cc2ccc(CN)cc2)C1. The summed E-state index contributed by atoms with van der Waals surface area (Å²) in [4.78, 5) is 11.7. The van der Waals surface area contributed by atoms with Crippen LogP contribution in [-0.4, -0.2) is 11.9 Å². The van der Waals surface area contributed by atoms with Gasteiger partial charge in [-0.25, -0.2) is 0 Å². The number of carbonyl (C=O) groups is 1. The minimum Gasteiger partial charge on any atom is -0.353 e. The molecule has 0 spiro atoms. The molecule has 1 amide bonds. The molecule has 1 aliphatic carbocycles. The Kier molecular flexibility index (Phi) is 3.79. The third kappa shape index (κ3) is 3.30.